The Bertz CT molecular complexity index is 1450. The molecular formula is C31H26N10. The van der Waals surface area contributed by atoms with E-state index in [4.69, 9.17) is 0 Å². The van der Waals surface area contributed by atoms with Gasteiger partial charge in [0.25, 0.3) is 0 Å². The van der Waals surface area contributed by atoms with E-state index in [1.54, 1.807) is 0 Å². The molecule has 10 heteroatoms. The minimum absolute atomic E-state index is 0.241. The summed E-state index contributed by atoms with van der Waals surface area (Å²) in [6.07, 6.45) is 0.241. The molecule has 0 aliphatic carbocycles. The van der Waals surface area contributed by atoms with Crippen molar-refractivity contribution in [3.05, 3.63) is 133 Å². The highest BCUT2D eigenvalue weighted by Gasteiger charge is 2.13. The summed E-state index contributed by atoms with van der Waals surface area (Å²) in [6.45, 7) is 0. The highest BCUT2D eigenvalue weighted by Crippen LogP contribution is 2.20. The molecule has 0 aliphatic heterocycles. The molecule has 2 aromatic heterocycles. The Hall–Kier alpha value is -5.90. The Morgan fingerprint density at radius 1 is 0.317 bits per heavy atom. The zero-order valence-corrected chi connectivity index (χ0v) is 21.9. The van der Waals surface area contributed by atoms with Crippen LogP contribution >= 0.6 is 0 Å². The van der Waals surface area contributed by atoms with Crippen LogP contribution in [-0.4, -0.2) is 29.9 Å². The van der Waals surface area contributed by atoms with Crippen molar-refractivity contribution in [2.24, 2.45) is 0 Å². The van der Waals surface area contributed by atoms with Crippen LogP contribution < -0.4 is 21.3 Å². The van der Waals surface area contributed by atoms with E-state index in [0.717, 1.165) is 22.7 Å². The molecule has 200 valence electrons. The predicted molar refractivity (Wildman–Crippen MR) is 161 cm³/mol. The standard InChI is InChI=1S/C31H26N10/c1-5-13-22(14-6-1)32-28-36-26(37-29(40-28)33-23-15-7-2-8-16-23)21-27-38-30(34-24-17-9-3-10-18-24)41-31(39-27)35-25-19-11-4-12-20-25/h1-20H,21H2,(H2,32,33,36,37,40)(H2,34,35,38,39,41). The summed E-state index contributed by atoms with van der Waals surface area (Å²) < 4.78 is 0. The van der Waals surface area contributed by atoms with Gasteiger partial charge in [-0.25, -0.2) is 0 Å². The lowest BCUT2D eigenvalue weighted by atomic mass is 10.3. The number of anilines is 8. The number of nitrogens with zero attached hydrogens (tertiary/aromatic N) is 6. The van der Waals surface area contributed by atoms with E-state index in [1.165, 1.54) is 0 Å². The molecule has 0 saturated heterocycles. The molecule has 0 radical (unpaired) electrons. The molecule has 10 nitrogen and oxygen atoms in total. The van der Waals surface area contributed by atoms with Crippen molar-refractivity contribution in [3.63, 3.8) is 0 Å². The lowest BCUT2D eigenvalue weighted by molar-refractivity contribution is 0.861. The molecule has 41 heavy (non-hydrogen) atoms. The first-order valence-electron chi connectivity index (χ1n) is 13.0. The molecule has 6 aromatic rings. The number of hydrogen-bond donors (Lipinski definition) is 4. The monoisotopic (exact) mass is 538 g/mol. The van der Waals surface area contributed by atoms with Crippen molar-refractivity contribution < 1.29 is 0 Å². The Morgan fingerprint density at radius 3 is 0.805 bits per heavy atom. The van der Waals surface area contributed by atoms with Crippen LogP contribution in [0.2, 0.25) is 0 Å². The third-order valence-corrected chi connectivity index (χ3v) is 5.80. The fourth-order valence-corrected chi connectivity index (χ4v) is 3.97. The van der Waals surface area contributed by atoms with E-state index in [-0.39, 0.29) is 6.42 Å². The van der Waals surface area contributed by atoms with Gasteiger partial charge in [-0.2, -0.15) is 29.9 Å². The molecule has 0 amide bonds. The summed E-state index contributed by atoms with van der Waals surface area (Å²) in [5.41, 5.74) is 3.44. The van der Waals surface area contributed by atoms with Crippen LogP contribution in [0.15, 0.2) is 121 Å². The van der Waals surface area contributed by atoms with E-state index < -0.39 is 0 Å². The number of nitrogens with one attached hydrogen (secondary N) is 4. The van der Waals surface area contributed by atoms with Gasteiger partial charge in [0.05, 0.1) is 6.42 Å². The van der Waals surface area contributed by atoms with Gasteiger partial charge in [0.15, 0.2) is 0 Å². The van der Waals surface area contributed by atoms with E-state index in [0.29, 0.717) is 35.4 Å². The van der Waals surface area contributed by atoms with Crippen molar-refractivity contribution in [1.82, 2.24) is 29.9 Å². The molecular weight excluding hydrogens is 512 g/mol. The average Bonchev–Trinajstić information content (AvgIpc) is 2.99. The minimum atomic E-state index is 0.241. The van der Waals surface area contributed by atoms with Gasteiger partial charge in [0.1, 0.15) is 11.6 Å². The van der Waals surface area contributed by atoms with Gasteiger partial charge in [-0.15, -0.1) is 0 Å². The summed E-state index contributed by atoms with van der Waals surface area (Å²) in [6, 6.07) is 39.0. The van der Waals surface area contributed by atoms with Crippen LogP contribution in [0, 0.1) is 0 Å². The number of hydrogen-bond acceptors (Lipinski definition) is 10. The van der Waals surface area contributed by atoms with Gasteiger partial charge in [0, 0.05) is 22.7 Å². The van der Waals surface area contributed by atoms with Crippen LogP contribution in [0.5, 0.6) is 0 Å². The molecule has 0 unspecified atom stereocenters. The first kappa shape index (κ1) is 25.4. The van der Waals surface area contributed by atoms with Gasteiger partial charge in [-0.05, 0) is 48.5 Å². The van der Waals surface area contributed by atoms with Crippen molar-refractivity contribution in [2.45, 2.75) is 6.42 Å². The first-order valence-corrected chi connectivity index (χ1v) is 13.0. The van der Waals surface area contributed by atoms with Crippen LogP contribution in [-0.2, 0) is 6.42 Å². The fraction of sp³-hybridized carbons (Fsp3) is 0.0323. The molecule has 6 rings (SSSR count). The number of rotatable bonds is 10. The molecule has 0 spiro atoms. The number of aromatic nitrogens is 6. The molecule has 0 bridgehead atoms. The summed E-state index contributed by atoms with van der Waals surface area (Å²) in [4.78, 5) is 27.9. The first-order chi connectivity index (χ1) is 20.2. The molecule has 4 N–H and O–H groups in total. The summed E-state index contributed by atoms with van der Waals surface area (Å²) >= 11 is 0. The van der Waals surface area contributed by atoms with Gasteiger partial charge >= 0.3 is 0 Å². The maximum atomic E-state index is 4.68. The van der Waals surface area contributed by atoms with Gasteiger partial charge in [0.2, 0.25) is 23.8 Å². The van der Waals surface area contributed by atoms with E-state index in [2.05, 4.69) is 51.2 Å². The quantitative estimate of drug-likeness (QED) is 0.151. The highest BCUT2D eigenvalue weighted by molar-refractivity contribution is 5.59. The van der Waals surface area contributed by atoms with Gasteiger partial charge in [-0.3, -0.25) is 0 Å². The Balaban J connectivity index is 1.34. The van der Waals surface area contributed by atoms with Crippen molar-refractivity contribution in [1.29, 1.82) is 0 Å². The largest absolute Gasteiger partial charge is 0.324 e. The molecule has 0 fully saturated rings. The molecule has 0 atom stereocenters. The minimum Gasteiger partial charge on any atom is -0.324 e. The summed E-state index contributed by atoms with van der Waals surface area (Å²) in [5, 5.41) is 13.1. The van der Waals surface area contributed by atoms with Crippen LogP contribution in [0.25, 0.3) is 0 Å². The molecule has 2 heterocycles. The fourth-order valence-electron chi connectivity index (χ4n) is 3.97. The van der Waals surface area contributed by atoms with Crippen LogP contribution in [0.3, 0.4) is 0 Å². The predicted octanol–water partition coefficient (Wildman–Crippen LogP) is 6.62. The normalized spacial score (nSPS) is 10.5. The smallest absolute Gasteiger partial charge is 0.232 e. The van der Waals surface area contributed by atoms with Crippen molar-refractivity contribution in [2.75, 3.05) is 21.3 Å². The summed E-state index contributed by atoms with van der Waals surface area (Å²) in [5.74, 6) is 2.58. The average molecular weight is 539 g/mol. The Morgan fingerprint density at radius 2 is 0.561 bits per heavy atom. The lowest BCUT2D eigenvalue weighted by Crippen LogP contribution is -2.11. The number of para-hydroxylation sites is 4. The van der Waals surface area contributed by atoms with Crippen LogP contribution in [0.4, 0.5) is 46.5 Å². The SMILES string of the molecule is c1ccc(Nc2nc(Cc3nc(Nc4ccccc4)nc(Nc4ccccc4)n3)nc(Nc3ccccc3)n2)cc1. The topological polar surface area (TPSA) is 125 Å². The van der Waals surface area contributed by atoms with Gasteiger partial charge < -0.3 is 21.3 Å². The van der Waals surface area contributed by atoms with Crippen molar-refractivity contribution in [3.8, 4) is 0 Å². The highest BCUT2D eigenvalue weighted by atomic mass is 15.2. The second kappa shape index (κ2) is 12.3. The summed E-state index contributed by atoms with van der Waals surface area (Å²) in [7, 11) is 0. The van der Waals surface area contributed by atoms with Gasteiger partial charge in [-0.1, -0.05) is 72.8 Å². The van der Waals surface area contributed by atoms with E-state index in [1.807, 2.05) is 121 Å². The van der Waals surface area contributed by atoms with E-state index in [9.17, 15) is 0 Å². The van der Waals surface area contributed by atoms with Crippen LogP contribution in [0.1, 0.15) is 11.6 Å². The number of benzene rings is 4. The second-order valence-electron chi connectivity index (χ2n) is 8.94. The zero-order valence-electron chi connectivity index (χ0n) is 21.9. The Labute approximate surface area is 237 Å². The third-order valence-electron chi connectivity index (χ3n) is 5.80. The second-order valence-corrected chi connectivity index (χ2v) is 8.94. The maximum absolute atomic E-state index is 4.68. The van der Waals surface area contributed by atoms with E-state index >= 15 is 0 Å². The van der Waals surface area contributed by atoms with Crippen molar-refractivity contribution >= 4 is 46.5 Å². The lowest BCUT2D eigenvalue weighted by Gasteiger charge is -2.12. The molecule has 0 aliphatic rings. The Kier molecular flexibility index (Phi) is 7.62. The maximum Gasteiger partial charge on any atom is 0.232 e. The third kappa shape index (κ3) is 7.15. The zero-order chi connectivity index (χ0) is 27.7. The molecule has 4 aromatic carbocycles. The molecule has 0 saturated carbocycles.